The van der Waals surface area contributed by atoms with Crippen LogP contribution in [0.2, 0.25) is 0 Å². The van der Waals surface area contributed by atoms with Gasteiger partial charge in [0.25, 0.3) is 0 Å². The van der Waals surface area contributed by atoms with E-state index in [0.29, 0.717) is 25.8 Å². The highest BCUT2D eigenvalue weighted by Gasteiger charge is 2.25. The van der Waals surface area contributed by atoms with E-state index >= 15 is 0 Å². The summed E-state index contributed by atoms with van der Waals surface area (Å²) < 4.78 is 5.58. The summed E-state index contributed by atoms with van der Waals surface area (Å²) in [6, 6.07) is 10.7. The maximum atomic E-state index is 10.0. The summed E-state index contributed by atoms with van der Waals surface area (Å²) in [7, 11) is 4.24. The number of likely N-dealkylation sites (N-methyl/N-ethyl adjacent to an activating group) is 1. The Morgan fingerprint density at radius 1 is 1.35 bits per heavy atom. The fraction of sp³-hybridized carbons (Fsp3) is 0.625. The summed E-state index contributed by atoms with van der Waals surface area (Å²) in [6.45, 7) is 3.79. The van der Waals surface area contributed by atoms with Gasteiger partial charge in [-0.25, -0.2) is 0 Å². The van der Waals surface area contributed by atoms with Crippen LogP contribution in [0.1, 0.15) is 12.0 Å². The van der Waals surface area contributed by atoms with Crippen molar-refractivity contribution in [2.45, 2.75) is 25.2 Å². The summed E-state index contributed by atoms with van der Waals surface area (Å²) in [5, 5.41) is 10.0. The second kappa shape index (κ2) is 7.74. The van der Waals surface area contributed by atoms with Gasteiger partial charge < -0.3 is 14.7 Å². The molecule has 0 amide bonds. The Balaban J connectivity index is 1.62. The van der Waals surface area contributed by atoms with E-state index in [1.807, 2.05) is 30.3 Å². The SMILES string of the molecule is CN(C)C1CCN(CC(O)COCc2ccccc2)C1. The molecular weight excluding hydrogens is 252 g/mol. The Morgan fingerprint density at radius 3 is 2.75 bits per heavy atom. The van der Waals surface area contributed by atoms with Crippen molar-refractivity contribution in [3.8, 4) is 0 Å². The van der Waals surface area contributed by atoms with Crippen molar-refractivity contribution in [1.29, 1.82) is 0 Å². The number of hydrogen-bond donors (Lipinski definition) is 1. The fourth-order valence-electron chi connectivity index (χ4n) is 2.64. The van der Waals surface area contributed by atoms with Gasteiger partial charge in [0.2, 0.25) is 0 Å². The predicted octanol–water partition coefficient (Wildman–Crippen LogP) is 1.20. The largest absolute Gasteiger partial charge is 0.389 e. The number of β-amino-alcohol motifs (C(OH)–C–C–N with tert-alkyl or cyclic N) is 1. The molecule has 1 aromatic carbocycles. The van der Waals surface area contributed by atoms with Crippen LogP contribution in [-0.4, -0.2) is 67.4 Å². The van der Waals surface area contributed by atoms with Crippen LogP contribution in [0.4, 0.5) is 0 Å². The molecule has 0 radical (unpaired) electrons. The van der Waals surface area contributed by atoms with Crippen LogP contribution >= 0.6 is 0 Å². The molecule has 0 aliphatic carbocycles. The number of likely N-dealkylation sites (tertiary alicyclic amines) is 1. The van der Waals surface area contributed by atoms with Gasteiger partial charge in [0.1, 0.15) is 0 Å². The maximum Gasteiger partial charge on any atom is 0.0900 e. The van der Waals surface area contributed by atoms with Crippen molar-refractivity contribution >= 4 is 0 Å². The van der Waals surface area contributed by atoms with Crippen LogP contribution in [0, 0.1) is 0 Å². The monoisotopic (exact) mass is 278 g/mol. The van der Waals surface area contributed by atoms with E-state index in [1.165, 1.54) is 6.42 Å². The molecule has 2 atom stereocenters. The Labute approximate surface area is 122 Å². The van der Waals surface area contributed by atoms with Gasteiger partial charge in [-0.05, 0) is 32.6 Å². The first-order valence-corrected chi connectivity index (χ1v) is 7.33. The molecule has 1 heterocycles. The summed E-state index contributed by atoms with van der Waals surface area (Å²) in [6.07, 6.45) is 0.782. The molecule has 1 saturated heterocycles. The van der Waals surface area contributed by atoms with Crippen LogP contribution in [0.15, 0.2) is 30.3 Å². The number of aliphatic hydroxyl groups is 1. The molecule has 2 unspecified atom stereocenters. The molecule has 0 bridgehead atoms. The van der Waals surface area contributed by atoms with Gasteiger partial charge in [-0.3, -0.25) is 4.90 Å². The lowest BCUT2D eigenvalue weighted by Gasteiger charge is -2.22. The number of aliphatic hydroxyl groups excluding tert-OH is 1. The lowest BCUT2D eigenvalue weighted by Crippen LogP contribution is -2.36. The molecular formula is C16H26N2O2. The van der Waals surface area contributed by atoms with Gasteiger partial charge in [0.05, 0.1) is 19.3 Å². The molecule has 0 aromatic heterocycles. The number of rotatable bonds is 7. The smallest absolute Gasteiger partial charge is 0.0900 e. The highest BCUT2D eigenvalue weighted by molar-refractivity contribution is 5.13. The molecule has 4 nitrogen and oxygen atoms in total. The average molecular weight is 278 g/mol. The Hall–Kier alpha value is -0.940. The first kappa shape index (κ1) is 15.4. The van der Waals surface area contributed by atoms with Crippen molar-refractivity contribution in [1.82, 2.24) is 9.80 Å². The van der Waals surface area contributed by atoms with Gasteiger partial charge in [0.15, 0.2) is 0 Å². The third-order valence-electron chi connectivity index (χ3n) is 3.87. The van der Waals surface area contributed by atoms with E-state index in [9.17, 15) is 5.11 Å². The van der Waals surface area contributed by atoms with Gasteiger partial charge in [-0.2, -0.15) is 0 Å². The van der Waals surface area contributed by atoms with Gasteiger partial charge in [0, 0.05) is 19.1 Å². The molecule has 1 fully saturated rings. The molecule has 1 aliphatic heterocycles. The standard InChI is InChI=1S/C16H26N2O2/c1-17(2)15-8-9-18(10-15)11-16(19)13-20-12-14-6-4-3-5-7-14/h3-7,15-16,19H,8-13H2,1-2H3. The molecule has 2 rings (SSSR count). The van der Waals surface area contributed by atoms with Crippen LogP contribution in [-0.2, 0) is 11.3 Å². The normalized spacial score (nSPS) is 21.5. The van der Waals surface area contributed by atoms with E-state index < -0.39 is 6.10 Å². The lowest BCUT2D eigenvalue weighted by atomic mass is 10.2. The summed E-state index contributed by atoms with van der Waals surface area (Å²) in [4.78, 5) is 4.58. The van der Waals surface area contributed by atoms with Gasteiger partial charge in [-0.1, -0.05) is 30.3 Å². The molecule has 0 saturated carbocycles. The third-order valence-corrected chi connectivity index (χ3v) is 3.87. The Kier molecular flexibility index (Phi) is 5.98. The van der Waals surface area contributed by atoms with E-state index in [0.717, 1.165) is 18.7 Å². The van der Waals surface area contributed by atoms with Crippen molar-refractivity contribution < 1.29 is 9.84 Å². The molecule has 1 N–H and O–H groups in total. The van der Waals surface area contributed by atoms with Crippen LogP contribution < -0.4 is 0 Å². The minimum Gasteiger partial charge on any atom is -0.389 e. The zero-order chi connectivity index (χ0) is 14.4. The average Bonchev–Trinajstić information content (AvgIpc) is 2.88. The van der Waals surface area contributed by atoms with Crippen molar-refractivity contribution in [2.75, 3.05) is 40.3 Å². The van der Waals surface area contributed by atoms with E-state index in [-0.39, 0.29) is 0 Å². The molecule has 1 aliphatic rings. The van der Waals surface area contributed by atoms with Crippen molar-refractivity contribution in [3.63, 3.8) is 0 Å². The zero-order valence-corrected chi connectivity index (χ0v) is 12.5. The minimum atomic E-state index is -0.403. The minimum absolute atomic E-state index is 0.401. The number of benzene rings is 1. The van der Waals surface area contributed by atoms with E-state index in [2.05, 4.69) is 23.9 Å². The van der Waals surface area contributed by atoms with Gasteiger partial charge >= 0.3 is 0 Å². The molecule has 20 heavy (non-hydrogen) atoms. The number of hydrogen-bond acceptors (Lipinski definition) is 4. The maximum absolute atomic E-state index is 10.0. The van der Waals surface area contributed by atoms with Crippen molar-refractivity contribution in [2.24, 2.45) is 0 Å². The summed E-state index contributed by atoms with van der Waals surface area (Å²) in [5.74, 6) is 0. The summed E-state index contributed by atoms with van der Waals surface area (Å²) >= 11 is 0. The first-order chi connectivity index (χ1) is 9.65. The second-order valence-electron chi connectivity index (χ2n) is 5.82. The third kappa shape index (κ3) is 4.87. The Morgan fingerprint density at radius 2 is 2.10 bits per heavy atom. The van der Waals surface area contributed by atoms with E-state index in [1.54, 1.807) is 0 Å². The van der Waals surface area contributed by atoms with Crippen LogP contribution in [0.25, 0.3) is 0 Å². The number of ether oxygens (including phenoxy) is 1. The Bertz CT molecular complexity index is 383. The second-order valence-corrected chi connectivity index (χ2v) is 5.82. The number of nitrogens with zero attached hydrogens (tertiary/aromatic N) is 2. The van der Waals surface area contributed by atoms with E-state index in [4.69, 9.17) is 4.74 Å². The molecule has 1 aromatic rings. The van der Waals surface area contributed by atoms with Crippen LogP contribution in [0.3, 0.4) is 0 Å². The summed E-state index contributed by atoms with van der Waals surface area (Å²) in [5.41, 5.74) is 1.15. The first-order valence-electron chi connectivity index (χ1n) is 7.33. The highest BCUT2D eigenvalue weighted by Crippen LogP contribution is 2.13. The van der Waals surface area contributed by atoms with Crippen LogP contribution in [0.5, 0.6) is 0 Å². The van der Waals surface area contributed by atoms with Crippen molar-refractivity contribution in [3.05, 3.63) is 35.9 Å². The lowest BCUT2D eigenvalue weighted by molar-refractivity contribution is 0.0126. The molecule has 4 heteroatoms. The highest BCUT2D eigenvalue weighted by atomic mass is 16.5. The van der Waals surface area contributed by atoms with Gasteiger partial charge in [-0.15, -0.1) is 0 Å². The quantitative estimate of drug-likeness (QED) is 0.813. The zero-order valence-electron chi connectivity index (χ0n) is 12.5. The molecule has 0 spiro atoms. The topological polar surface area (TPSA) is 35.9 Å². The predicted molar refractivity (Wildman–Crippen MR) is 80.6 cm³/mol. The fourth-order valence-corrected chi connectivity index (χ4v) is 2.64. The molecule has 112 valence electrons.